The van der Waals surface area contributed by atoms with Gasteiger partial charge in [0.2, 0.25) is 9.05 Å². The summed E-state index contributed by atoms with van der Waals surface area (Å²) in [5.41, 5.74) is 2.50. The first-order chi connectivity index (χ1) is 8.75. The first-order valence-electron chi connectivity index (χ1n) is 6.76. The van der Waals surface area contributed by atoms with Crippen LogP contribution in [-0.4, -0.2) is 8.42 Å². The van der Waals surface area contributed by atoms with Gasteiger partial charge in [-0.05, 0) is 41.7 Å². The highest BCUT2D eigenvalue weighted by Crippen LogP contribution is 2.43. The molecule has 0 amide bonds. The van der Waals surface area contributed by atoms with Crippen LogP contribution >= 0.6 is 10.7 Å². The van der Waals surface area contributed by atoms with Crippen LogP contribution in [-0.2, 0) is 14.8 Å². The maximum atomic E-state index is 11.0. The molecule has 1 aromatic carbocycles. The van der Waals surface area contributed by atoms with Crippen molar-refractivity contribution in [1.29, 1.82) is 0 Å². The molecule has 1 fully saturated rings. The summed E-state index contributed by atoms with van der Waals surface area (Å²) in [7, 11) is 1.80. The van der Waals surface area contributed by atoms with Crippen molar-refractivity contribution in [3.63, 3.8) is 0 Å². The smallest absolute Gasteiger partial charge is 0.212 e. The summed E-state index contributed by atoms with van der Waals surface area (Å²) in [6.45, 7) is 4.65. The predicted molar refractivity (Wildman–Crippen MR) is 79.9 cm³/mol. The Labute approximate surface area is 120 Å². The molecule has 4 heteroatoms. The topological polar surface area (TPSA) is 34.1 Å². The van der Waals surface area contributed by atoms with E-state index in [4.69, 9.17) is 10.7 Å². The molecule has 1 aliphatic rings. The third-order valence-electron chi connectivity index (χ3n) is 4.00. The Morgan fingerprint density at radius 1 is 1.26 bits per heavy atom. The molecule has 0 saturated heterocycles. The molecule has 0 radical (unpaired) electrons. The van der Waals surface area contributed by atoms with Crippen molar-refractivity contribution in [2.45, 2.75) is 51.2 Å². The molecule has 1 atom stereocenters. The zero-order valence-corrected chi connectivity index (χ0v) is 13.1. The fraction of sp³-hybridized carbons (Fsp3) is 0.600. The highest BCUT2D eigenvalue weighted by Gasteiger charge is 2.28. The van der Waals surface area contributed by atoms with E-state index in [9.17, 15) is 8.42 Å². The molecule has 0 aromatic heterocycles. The third-order valence-corrected chi connectivity index (χ3v) is 5.00. The SMILES string of the molecule is CC1(C)CCCC(c2ccc(CS(=O)(=O)Cl)cc2)C1. The molecule has 106 valence electrons. The van der Waals surface area contributed by atoms with Crippen molar-refractivity contribution in [2.24, 2.45) is 5.41 Å². The average Bonchev–Trinajstić information content (AvgIpc) is 2.26. The van der Waals surface area contributed by atoms with Crippen LogP contribution in [0.5, 0.6) is 0 Å². The van der Waals surface area contributed by atoms with Gasteiger partial charge in [0.15, 0.2) is 0 Å². The van der Waals surface area contributed by atoms with Crippen LogP contribution in [0.2, 0.25) is 0 Å². The Morgan fingerprint density at radius 2 is 1.89 bits per heavy atom. The van der Waals surface area contributed by atoms with Crippen molar-refractivity contribution in [2.75, 3.05) is 0 Å². The van der Waals surface area contributed by atoms with E-state index >= 15 is 0 Å². The highest BCUT2D eigenvalue weighted by molar-refractivity contribution is 8.13. The van der Waals surface area contributed by atoms with E-state index in [1.54, 1.807) is 0 Å². The van der Waals surface area contributed by atoms with Gasteiger partial charge in [-0.3, -0.25) is 0 Å². The van der Waals surface area contributed by atoms with Crippen molar-refractivity contribution >= 4 is 19.7 Å². The molecule has 1 aromatic rings. The van der Waals surface area contributed by atoms with Crippen LogP contribution in [0.25, 0.3) is 0 Å². The molecule has 0 N–H and O–H groups in total. The number of hydrogen-bond donors (Lipinski definition) is 0. The first kappa shape index (κ1) is 14.9. The first-order valence-corrected chi connectivity index (χ1v) is 9.24. The fourth-order valence-corrected chi connectivity index (χ4v) is 4.04. The predicted octanol–water partition coefficient (Wildman–Crippen LogP) is 4.44. The van der Waals surface area contributed by atoms with Gasteiger partial charge in [0.05, 0.1) is 5.75 Å². The van der Waals surface area contributed by atoms with Crippen LogP contribution in [0.4, 0.5) is 0 Å². The molecule has 1 saturated carbocycles. The lowest BCUT2D eigenvalue weighted by atomic mass is 9.70. The van der Waals surface area contributed by atoms with Crippen LogP contribution in [0.3, 0.4) is 0 Å². The number of benzene rings is 1. The summed E-state index contributed by atoms with van der Waals surface area (Å²) in [6, 6.07) is 7.89. The van der Waals surface area contributed by atoms with Gasteiger partial charge in [-0.1, -0.05) is 44.5 Å². The van der Waals surface area contributed by atoms with Crippen LogP contribution in [0.1, 0.15) is 56.6 Å². The lowest BCUT2D eigenvalue weighted by Crippen LogP contribution is -2.21. The van der Waals surface area contributed by atoms with Gasteiger partial charge in [0, 0.05) is 10.7 Å². The van der Waals surface area contributed by atoms with E-state index in [1.807, 2.05) is 12.1 Å². The van der Waals surface area contributed by atoms with Gasteiger partial charge in [-0.15, -0.1) is 0 Å². The second-order valence-corrected chi connectivity index (χ2v) is 9.16. The van der Waals surface area contributed by atoms with E-state index in [2.05, 4.69) is 26.0 Å². The summed E-state index contributed by atoms with van der Waals surface area (Å²) >= 11 is 0. The molecule has 0 bridgehead atoms. The van der Waals surface area contributed by atoms with Crippen LogP contribution < -0.4 is 0 Å². The van der Waals surface area contributed by atoms with E-state index in [-0.39, 0.29) is 5.75 Å². The Balaban J connectivity index is 2.10. The van der Waals surface area contributed by atoms with Gasteiger partial charge >= 0.3 is 0 Å². The van der Waals surface area contributed by atoms with E-state index in [0.29, 0.717) is 11.3 Å². The summed E-state index contributed by atoms with van der Waals surface area (Å²) < 4.78 is 22.1. The second kappa shape index (κ2) is 5.45. The molecule has 0 heterocycles. The summed E-state index contributed by atoms with van der Waals surface area (Å²) in [6.07, 6.45) is 5.01. The monoisotopic (exact) mass is 300 g/mol. The van der Waals surface area contributed by atoms with Crippen molar-refractivity contribution in [3.8, 4) is 0 Å². The van der Waals surface area contributed by atoms with Crippen molar-refractivity contribution in [1.82, 2.24) is 0 Å². The number of rotatable bonds is 3. The van der Waals surface area contributed by atoms with Gasteiger partial charge in [0.1, 0.15) is 0 Å². The third kappa shape index (κ3) is 4.50. The Hall–Kier alpha value is -0.540. The fourth-order valence-electron chi connectivity index (χ4n) is 3.07. The summed E-state index contributed by atoms with van der Waals surface area (Å²) in [5.74, 6) is 0.510. The van der Waals surface area contributed by atoms with Crippen molar-refractivity contribution < 1.29 is 8.42 Å². The second-order valence-electron chi connectivity index (χ2n) is 6.38. The van der Waals surface area contributed by atoms with E-state index in [1.165, 1.54) is 31.2 Å². The maximum Gasteiger partial charge on any atom is 0.236 e. The molecule has 1 aliphatic carbocycles. The Bertz CT molecular complexity index is 532. The highest BCUT2D eigenvalue weighted by atomic mass is 35.7. The van der Waals surface area contributed by atoms with Gasteiger partial charge in [-0.2, -0.15) is 0 Å². The quantitative estimate of drug-likeness (QED) is 0.773. The molecule has 0 aliphatic heterocycles. The molecular weight excluding hydrogens is 280 g/mol. The van der Waals surface area contributed by atoms with E-state index < -0.39 is 9.05 Å². The van der Waals surface area contributed by atoms with Crippen LogP contribution in [0, 0.1) is 5.41 Å². The van der Waals surface area contributed by atoms with Gasteiger partial charge < -0.3 is 0 Å². The van der Waals surface area contributed by atoms with Gasteiger partial charge in [-0.25, -0.2) is 8.42 Å². The standard InChI is InChI=1S/C15H21ClO2S/c1-15(2)9-3-4-14(10-15)13-7-5-12(6-8-13)11-19(16,17)18/h5-8,14H,3-4,9-11H2,1-2H3. The largest absolute Gasteiger partial charge is 0.236 e. The summed E-state index contributed by atoms with van der Waals surface area (Å²) in [5, 5.41) is 0. The molecule has 0 spiro atoms. The minimum Gasteiger partial charge on any atom is -0.212 e. The number of hydrogen-bond acceptors (Lipinski definition) is 2. The molecular formula is C15H21ClO2S. The molecule has 2 nitrogen and oxygen atoms in total. The maximum absolute atomic E-state index is 11.0. The molecule has 19 heavy (non-hydrogen) atoms. The minimum absolute atomic E-state index is 0.0923. The molecule has 1 unspecified atom stereocenters. The zero-order valence-electron chi connectivity index (χ0n) is 11.5. The lowest BCUT2D eigenvalue weighted by Gasteiger charge is -2.35. The zero-order chi connectivity index (χ0) is 14.1. The Morgan fingerprint density at radius 3 is 2.42 bits per heavy atom. The minimum atomic E-state index is -3.46. The number of halogens is 1. The molecule has 2 rings (SSSR count). The van der Waals surface area contributed by atoms with Crippen LogP contribution in [0.15, 0.2) is 24.3 Å². The lowest BCUT2D eigenvalue weighted by molar-refractivity contribution is 0.219. The van der Waals surface area contributed by atoms with Crippen molar-refractivity contribution in [3.05, 3.63) is 35.4 Å². The average molecular weight is 301 g/mol. The van der Waals surface area contributed by atoms with E-state index in [0.717, 1.165) is 5.56 Å². The van der Waals surface area contributed by atoms with Gasteiger partial charge in [0.25, 0.3) is 0 Å². The Kier molecular flexibility index (Phi) is 4.26. The normalized spacial score (nSPS) is 23.2. The summed E-state index contributed by atoms with van der Waals surface area (Å²) in [4.78, 5) is 0.